The van der Waals surface area contributed by atoms with Gasteiger partial charge in [0.2, 0.25) is 0 Å². The second-order valence-electron chi connectivity index (χ2n) is 3.13. The molecular formula is C10H20O3Si. The maximum absolute atomic E-state index is 10.6. The van der Waals surface area contributed by atoms with E-state index in [-0.39, 0.29) is 15.7 Å². The van der Waals surface area contributed by atoms with Crippen molar-refractivity contribution in [1.29, 1.82) is 0 Å². The molecule has 0 aliphatic rings. The summed E-state index contributed by atoms with van der Waals surface area (Å²) in [6, 6.07) is 1.25. The first kappa shape index (κ1) is 13.4. The number of ether oxygens (including phenoxy) is 1. The summed E-state index contributed by atoms with van der Waals surface area (Å²) >= 11 is 0. The van der Waals surface area contributed by atoms with E-state index in [9.17, 15) is 4.79 Å². The van der Waals surface area contributed by atoms with Gasteiger partial charge in [0.1, 0.15) is 0 Å². The minimum Gasteiger partial charge on any atom is -0.463 e. The van der Waals surface area contributed by atoms with Gasteiger partial charge >= 0.3 is 5.97 Å². The van der Waals surface area contributed by atoms with Gasteiger partial charge in [0.25, 0.3) is 0 Å². The van der Waals surface area contributed by atoms with Gasteiger partial charge in [0.15, 0.2) is 9.76 Å². The van der Waals surface area contributed by atoms with E-state index < -0.39 is 0 Å². The molecule has 82 valence electrons. The van der Waals surface area contributed by atoms with Crippen molar-refractivity contribution < 1.29 is 14.0 Å². The molecule has 0 aromatic rings. The number of carbonyl (C=O) groups is 1. The molecule has 0 amide bonds. The zero-order chi connectivity index (χ0) is 10.6. The second-order valence-corrected chi connectivity index (χ2v) is 4.82. The molecule has 0 radical (unpaired) electrons. The maximum atomic E-state index is 10.6. The first-order chi connectivity index (χ1) is 6.81. The van der Waals surface area contributed by atoms with Crippen LogP contribution in [0.5, 0.6) is 0 Å². The van der Waals surface area contributed by atoms with Gasteiger partial charge in [-0.3, -0.25) is 0 Å². The fourth-order valence-corrected chi connectivity index (χ4v) is 1.96. The molecular weight excluding hydrogens is 196 g/mol. The standard InChI is InChI=1S/C10H20O3Si/c1-3-10(11)13-8-6-4-5-7-9-14-12-2/h3H,1,4-9,14H2,2H3. The molecule has 0 aromatic carbocycles. The monoisotopic (exact) mass is 216 g/mol. The summed E-state index contributed by atoms with van der Waals surface area (Å²) in [5.74, 6) is -0.322. The molecule has 0 atom stereocenters. The van der Waals surface area contributed by atoms with Gasteiger partial charge in [-0.1, -0.05) is 25.8 Å². The number of unbranched alkanes of at least 4 members (excludes halogenated alkanes) is 3. The van der Waals surface area contributed by atoms with Gasteiger partial charge in [-0.05, 0) is 12.5 Å². The molecule has 0 aromatic heterocycles. The van der Waals surface area contributed by atoms with Crippen molar-refractivity contribution in [2.45, 2.75) is 31.7 Å². The molecule has 0 N–H and O–H groups in total. The van der Waals surface area contributed by atoms with Crippen LogP contribution in [0.2, 0.25) is 6.04 Å². The fraction of sp³-hybridized carbons (Fsp3) is 0.700. The molecule has 0 heterocycles. The Morgan fingerprint density at radius 1 is 1.36 bits per heavy atom. The summed E-state index contributed by atoms with van der Waals surface area (Å²) in [6.07, 6.45) is 5.73. The third kappa shape index (κ3) is 9.47. The molecule has 0 aliphatic carbocycles. The topological polar surface area (TPSA) is 35.5 Å². The Morgan fingerprint density at radius 3 is 2.71 bits per heavy atom. The van der Waals surface area contributed by atoms with Gasteiger partial charge in [0, 0.05) is 13.2 Å². The molecule has 0 rings (SSSR count). The third-order valence-corrected chi connectivity index (χ3v) is 3.10. The Kier molecular flexibility index (Phi) is 10.0. The molecule has 0 bridgehead atoms. The number of carbonyl (C=O) groups excluding carboxylic acids is 1. The smallest absolute Gasteiger partial charge is 0.330 e. The van der Waals surface area contributed by atoms with Crippen molar-refractivity contribution >= 4 is 15.7 Å². The number of hydrogen-bond acceptors (Lipinski definition) is 3. The highest BCUT2D eigenvalue weighted by atomic mass is 28.2. The molecule has 0 fully saturated rings. The molecule has 14 heavy (non-hydrogen) atoms. The van der Waals surface area contributed by atoms with Crippen molar-refractivity contribution in [3.8, 4) is 0 Å². The molecule has 0 saturated heterocycles. The Morgan fingerprint density at radius 2 is 2.07 bits per heavy atom. The summed E-state index contributed by atoms with van der Waals surface area (Å²) in [6.45, 7) is 3.85. The van der Waals surface area contributed by atoms with Crippen LogP contribution in [0.15, 0.2) is 12.7 Å². The molecule has 0 aliphatic heterocycles. The van der Waals surface area contributed by atoms with E-state index >= 15 is 0 Å². The van der Waals surface area contributed by atoms with Crippen molar-refractivity contribution in [2.24, 2.45) is 0 Å². The summed E-state index contributed by atoms with van der Waals surface area (Å²) in [7, 11) is 1.55. The SMILES string of the molecule is C=CC(=O)OCCCCCC[SiH2]OC. The predicted octanol–water partition coefficient (Wildman–Crippen LogP) is 1.42. The zero-order valence-electron chi connectivity index (χ0n) is 8.96. The van der Waals surface area contributed by atoms with Gasteiger partial charge in [-0.2, -0.15) is 0 Å². The summed E-state index contributed by atoms with van der Waals surface area (Å²) in [4.78, 5) is 10.6. The van der Waals surface area contributed by atoms with Crippen LogP contribution in [0.4, 0.5) is 0 Å². The highest BCUT2D eigenvalue weighted by Crippen LogP contribution is 2.03. The Labute approximate surface area is 88.4 Å². The number of esters is 1. The first-order valence-corrected chi connectivity index (χ1v) is 6.67. The van der Waals surface area contributed by atoms with Crippen LogP contribution in [0.25, 0.3) is 0 Å². The van der Waals surface area contributed by atoms with Gasteiger partial charge in [-0.15, -0.1) is 0 Å². The average Bonchev–Trinajstić information content (AvgIpc) is 2.21. The predicted molar refractivity (Wildman–Crippen MR) is 60.0 cm³/mol. The van der Waals surface area contributed by atoms with E-state index in [1.54, 1.807) is 7.11 Å². The van der Waals surface area contributed by atoms with E-state index in [2.05, 4.69) is 6.58 Å². The van der Waals surface area contributed by atoms with E-state index in [0.29, 0.717) is 6.61 Å². The molecule has 0 unspecified atom stereocenters. The van der Waals surface area contributed by atoms with Crippen LogP contribution in [0, 0.1) is 0 Å². The normalized spacial score (nSPS) is 10.6. The maximum Gasteiger partial charge on any atom is 0.330 e. The highest BCUT2D eigenvalue weighted by molar-refractivity contribution is 6.26. The zero-order valence-corrected chi connectivity index (χ0v) is 10.4. The van der Waals surface area contributed by atoms with Crippen LogP contribution < -0.4 is 0 Å². The lowest BCUT2D eigenvalue weighted by Gasteiger charge is -2.01. The van der Waals surface area contributed by atoms with Crippen LogP contribution in [-0.4, -0.2) is 29.4 Å². The Balaban J connectivity index is 2.99. The Hall–Kier alpha value is -0.613. The average molecular weight is 216 g/mol. The largest absolute Gasteiger partial charge is 0.463 e. The van der Waals surface area contributed by atoms with Crippen LogP contribution in [0.3, 0.4) is 0 Å². The van der Waals surface area contributed by atoms with Crippen LogP contribution in [0.1, 0.15) is 25.7 Å². The molecule has 0 spiro atoms. The Bertz CT molecular complexity index is 159. The molecule has 4 heteroatoms. The van der Waals surface area contributed by atoms with Crippen LogP contribution in [-0.2, 0) is 14.0 Å². The van der Waals surface area contributed by atoms with Crippen LogP contribution >= 0.6 is 0 Å². The summed E-state index contributed by atoms with van der Waals surface area (Å²) in [5, 5.41) is 0. The lowest BCUT2D eigenvalue weighted by Crippen LogP contribution is -2.01. The molecule has 3 nitrogen and oxygen atoms in total. The second kappa shape index (κ2) is 10.5. The van der Waals surface area contributed by atoms with Gasteiger partial charge in [-0.25, -0.2) is 4.79 Å². The van der Waals surface area contributed by atoms with Crippen molar-refractivity contribution in [3.05, 3.63) is 12.7 Å². The quantitative estimate of drug-likeness (QED) is 0.253. The van der Waals surface area contributed by atoms with E-state index in [4.69, 9.17) is 9.16 Å². The highest BCUT2D eigenvalue weighted by Gasteiger charge is 1.95. The third-order valence-electron chi connectivity index (χ3n) is 1.90. The lowest BCUT2D eigenvalue weighted by atomic mass is 10.2. The van der Waals surface area contributed by atoms with E-state index in [0.717, 1.165) is 12.8 Å². The number of hydrogen-bond donors (Lipinski definition) is 0. The summed E-state index contributed by atoms with van der Waals surface area (Å²) < 4.78 is 9.92. The van der Waals surface area contributed by atoms with Crippen molar-refractivity contribution in [3.63, 3.8) is 0 Å². The lowest BCUT2D eigenvalue weighted by molar-refractivity contribution is -0.137. The van der Waals surface area contributed by atoms with Crippen molar-refractivity contribution in [2.75, 3.05) is 13.7 Å². The minimum atomic E-state index is -0.322. The minimum absolute atomic E-state index is 0.233. The van der Waals surface area contributed by atoms with E-state index in [1.165, 1.54) is 25.0 Å². The van der Waals surface area contributed by atoms with Gasteiger partial charge < -0.3 is 9.16 Å². The van der Waals surface area contributed by atoms with E-state index in [1.807, 2.05) is 0 Å². The van der Waals surface area contributed by atoms with Crippen molar-refractivity contribution in [1.82, 2.24) is 0 Å². The number of rotatable bonds is 9. The van der Waals surface area contributed by atoms with Gasteiger partial charge in [0.05, 0.1) is 6.61 Å². The summed E-state index contributed by atoms with van der Waals surface area (Å²) in [5.41, 5.74) is 0. The fourth-order valence-electron chi connectivity index (χ4n) is 1.11. The molecule has 0 saturated carbocycles. The first-order valence-electron chi connectivity index (χ1n) is 5.09.